The van der Waals surface area contributed by atoms with Crippen LogP contribution in [0.4, 0.5) is 4.79 Å². The number of nitrogens with one attached hydrogen (secondary N) is 3. The van der Waals surface area contributed by atoms with Gasteiger partial charge in [0.1, 0.15) is 6.61 Å². The van der Waals surface area contributed by atoms with Crippen LogP contribution in [0.5, 0.6) is 0 Å². The van der Waals surface area contributed by atoms with Gasteiger partial charge in [0.2, 0.25) is 10.0 Å². The Hall–Kier alpha value is -3.28. The Morgan fingerprint density at radius 2 is 1.85 bits per heavy atom. The Labute approximate surface area is 192 Å². The number of carbonyl (C=O) groups excluding carboxylic acids is 1. The molecular weight excluding hydrogens is 446 g/mol. The van der Waals surface area contributed by atoms with Gasteiger partial charge in [-0.1, -0.05) is 35.5 Å². The third kappa shape index (κ3) is 6.60. The second kappa shape index (κ2) is 10.6. The summed E-state index contributed by atoms with van der Waals surface area (Å²) >= 11 is 0. The lowest BCUT2D eigenvalue weighted by atomic mass is 10.0. The van der Waals surface area contributed by atoms with E-state index in [9.17, 15) is 13.2 Å². The minimum Gasteiger partial charge on any atom is -0.447 e. The lowest BCUT2D eigenvalue weighted by Crippen LogP contribution is -2.41. The van der Waals surface area contributed by atoms with Crippen LogP contribution >= 0.6 is 0 Å². The van der Waals surface area contributed by atoms with Crippen LogP contribution in [-0.2, 0) is 31.6 Å². The van der Waals surface area contributed by atoms with Crippen molar-refractivity contribution in [1.29, 1.82) is 0 Å². The summed E-state index contributed by atoms with van der Waals surface area (Å²) in [5, 5.41) is 12.7. The maximum atomic E-state index is 12.9. The van der Waals surface area contributed by atoms with E-state index in [1.165, 1.54) is 13.3 Å². The Bertz CT molecular complexity index is 1160. The van der Waals surface area contributed by atoms with Gasteiger partial charge in [-0.15, -0.1) is 5.10 Å². The highest BCUT2D eigenvalue weighted by molar-refractivity contribution is 7.89. The third-order valence-corrected chi connectivity index (χ3v) is 6.53. The predicted molar refractivity (Wildman–Crippen MR) is 122 cm³/mol. The second-order valence-corrected chi connectivity index (χ2v) is 9.49. The quantitative estimate of drug-likeness (QED) is 0.385. The van der Waals surface area contributed by atoms with Gasteiger partial charge >= 0.3 is 6.09 Å². The van der Waals surface area contributed by atoms with Crippen molar-refractivity contribution in [3.8, 4) is 11.1 Å². The molecule has 0 radical (unpaired) electrons. The molecule has 0 aliphatic carbocycles. The van der Waals surface area contributed by atoms with Crippen LogP contribution in [0.1, 0.15) is 25.1 Å². The van der Waals surface area contributed by atoms with Crippen LogP contribution in [0.15, 0.2) is 59.6 Å². The van der Waals surface area contributed by atoms with Crippen molar-refractivity contribution in [2.45, 2.75) is 30.8 Å². The fraction of sp³-hybridized carbons (Fsp3) is 0.318. The standard InChI is InChI=1S/C22H27N5O5S/c1-22(2,20-15-24-27-25-20)26-33(29,30)19-9-7-17(8-10-19)18-6-4-5-16(13-18)14-23-21(28)32-12-11-31-3/h4-10,13,15,26H,11-12,14H2,1-3H3,(H,23,28)(H,24,25,27). The molecule has 0 fully saturated rings. The normalized spacial score (nSPS) is 11.8. The highest BCUT2D eigenvalue weighted by Gasteiger charge is 2.29. The lowest BCUT2D eigenvalue weighted by molar-refractivity contribution is 0.0983. The minimum atomic E-state index is -3.77. The molecule has 1 aromatic heterocycles. The van der Waals surface area contributed by atoms with Gasteiger partial charge in [0.25, 0.3) is 0 Å². The number of aromatic amines is 1. The molecule has 2 aromatic carbocycles. The largest absolute Gasteiger partial charge is 0.447 e. The van der Waals surface area contributed by atoms with E-state index in [0.717, 1.165) is 16.7 Å². The van der Waals surface area contributed by atoms with E-state index in [1.54, 1.807) is 38.1 Å². The monoisotopic (exact) mass is 473 g/mol. The maximum Gasteiger partial charge on any atom is 0.407 e. The van der Waals surface area contributed by atoms with Gasteiger partial charge in [0, 0.05) is 13.7 Å². The maximum absolute atomic E-state index is 12.9. The number of aromatic nitrogens is 3. The molecule has 0 spiro atoms. The number of methoxy groups -OCH3 is 1. The lowest BCUT2D eigenvalue weighted by Gasteiger charge is -2.24. The van der Waals surface area contributed by atoms with Gasteiger partial charge in [0.05, 0.1) is 28.9 Å². The van der Waals surface area contributed by atoms with Crippen molar-refractivity contribution in [2.75, 3.05) is 20.3 Å². The summed E-state index contributed by atoms with van der Waals surface area (Å²) in [6, 6.07) is 14.2. The molecule has 0 unspecified atom stereocenters. The van der Waals surface area contributed by atoms with Gasteiger partial charge in [-0.3, -0.25) is 5.10 Å². The van der Waals surface area contributed by atoms with Crippen LogP contribution in [0.25, 0.3) is 11.1 Å². The zero-order valence-corrected chi connectivity index (χ0v) is 19.5. The van der Waals surface area contributed by atoms with Crippen molar-refractivity contribution in [2.24, 2.45) is 0 Å². The highest BCUT2D eigenvalue weighted by atomic mass is 32.2. The molecule has 10 nitrogen and oxygen atoms in total. The molecule has 3 rings (SSSR count). The molecular formula is C22H27N5O5S. The summed E-state index contributed by atoms with van der Waals surface area (Å²) in [5.41, 5.74) is 2.26. The average molecular weight is 474 g/mol. The molecule has 176 valence electrons. The van der Waals surface area contributed by atoms with Crippen LogP contribution in [0.2, 0.25) is 0 Å². The van der Waals surface area contributed by atoms with Crippen LogP contribution in [0.3, 0.4) is 0 Å². The number of amides is 1. The summed E-state index contributed by atoms with van der Waals surface area (Å²) in [6.07, 6.45) is 0.959. The first-order valence-electron chi connectivity index (χ1n) is 10.2. The number of benzene rings is 2. The van der Waals surface area contributed by atoms with E-state index in [0.29, 0.717) is 18.8 Å². The highest BCUT2D eigenvalue weighted by Crippen LogP contribution is 2.24. The summed E-state index contributed by atoms with van der Waals surface area (Å²) in [4.78, 5) is 11.8. The summed E-state index contributed by atoms with van der Waals surface area (Å²) in [6.45, 7) is 4.26. The van der Waals surface area contributed by atoms with E-state index in [4.69, 9.17) is 9.47 Å². The summed E-state index contributed by atoms with van der Waals surface area (Å²) in [5.74, 6) is 0. The van der Waals surface area contributed by atoms with E-state index in [1.807, 2.05) is 24.3 Å². The molecule has 0 aliphatic heterocycles. The number of sulfonamides is 1. The number of ether oxygens (including phenoxy) is 2. The molecule has 1 heterocycles. The molecule has 3 aromatic rings. The van der Waals surface area contributed by atoms with Crippen molar-refractivity contribution in [3.05, 3.63) is 66.0 Å². The molecule has 0 bridgehead atoms. The van der Waals surface area contributed by atoms with Crippen LogP contribution < -0.4 is 10.0 Å². The number of rotatable bonds is 10. The molecule has 0 saturated heterocycles. The number of hydrogen-bond acceptors (Lipinski definition) is 7. The van der Waals surface area contributed by atoms with E-state index >= 15 is 0 Å². The molecule has 0 atom stereocenters. The Morgan fingerprint density at radius 3 is 2.52 bits per heavy atom. The first-order valence-corrected chi connectivity index (χ1v) is 11.7. The minimum absolute atomic E-state index is 0.142. The number of H-pyrrole nitrogens is 1. The van der Waals surface area contributed by atoms with Gasteiger partial charge in [-0.25, -0.2) is 13.2 Å². The number of carbonyl (C=O) groups is 1. The smallest absolute Gasteiger partial charge is 0.407 e. The Balaban J connectivity index is 1.67. The Morgan fingerprint density at radius 1 is 1.09 bits per heavy atom. The zero-order chi connectivity index (χ0) is 23.9. The Kier molecular flexibility index (Phi) is 7.79. The van der Waals surface area contributed by atoms with Crippen molar-refractivity contribution in [1.82, 2.24) is 25.4 Å². The van der Waals surface area contributed by atoms with E-state index in [2.05, 4.69) is 25.4 Å². The first-order chi connectivity index (χ1) is 15.7. The molecule has 3 N–H and O–H groups in total. The summed E-state index contributed by atoms with van der Waals surface area (Å²) in [7, 11) is -2.24. The van der Waals surface area contributed by atoms with Gasteiger partial charge in [-0.05, 0) is 48.7 Å². The van der Waals surface area contributed by atoms with E-state index < -0.39 is 21.7 Å². The molecule has 0 aliphatic rings. The number of hydrogen-bond donors (Lipinski definition) is 3. The zero-order valence-electron chi connectivity index (χ0n) is 18.7. The topological polar surface area (TPSA) is 135 Å². The van der Waals surface area contributed by atoms with Crippen molar-refractivity contribution < 1.29 is 22.7 Å². The molecule has 0 saturated carbocycles. The van der Waals surface area contributed by atoms with Gasteiger partial charge < -0.3 is 14.8 Å². The molecule has 1 amide bonds. The first kappa shape index (κ1) is 24.4. The average Bonchev–Trinajstić information content (AvgIpc) is 3.34. The fourth-order valence-corrected chi connectivity index (χ4v) is 4.47. The van der Waals surface area contributed by atoms with Crippen LogP contribution in [0, 0.1) is 0 Å². The van der Waals surface area contributed by atoms with Crippen molar-refractivity contribution in [3.63, 3.8) is 0 Å². The third-order valence-electron chi connectivity index (χ3n) is 4.86. The molecule has 11 heteroatoms. The second-order valence-electron chi connectivity index (χ2n) is 7.81. The van der Waals surface area contributed by atoms with Gasteiger partial charge in [0.15, 0.2) is 0 Å². The van der Waals surface area contributed by atoms with Gasteiger partial charge in [-0.2, -0.15) is 4.72 Å². The number of nitrogens with zero attached hydrogens (tertiary/aromatic N) is 2. The van der Waals surface area contributed by atoms with E-state index in [-0.39, 0.29) is 11.5 Å². The molecule has 33 heavy (non-hydrogen) atoms. The SMILES string of the molecule is COCCOC(=O)NCc1cccc(-c2ccc(S(=O)(=O)NC(C)(C)c3cnn[nH]3)cc2)c1. The fourth-order valence-electron chi connectivity index (χ4n) is 3.08. The predicted octanol–water partition coefficient (Wildman–Crippen LogP) is 2.56. The van der Waals surface area contributed by atoms with Crippen molar-refractivity contribution >= 4 is 16.1 Å². The number of alkyl carbamates (subject to hydrolysis) is 1. The summed E-state index contributed by atoms with van der Waals surface area (Å²) < 4.78 is 38.2. The van der Waals surface area contributed by atoms with Crippen LogP contribution in [-0.4, -0.2) is 50.2 Å².